The van der Waals surface area contributed by atoms with Gasteiger partial charge >= 0.3 is 0 Å². The lowest BCUT2D eigenvalue weighted by molar-refractivity contribution is 0.458. The smallest absolute Gasteiger partial charge is 0.103 e. The predicted octanol–water partition coefficient (Wildman–Crippen LogP) is 3.55. The highest BCUT2D eigenvalue weighted by Crippen LogP contribution is 2.08. The number of aromatic nitrogens is 1. The molecule has 18 heavy (non-hydrogen) atoms. The molecule has 0 fully saturated rings. The normalized spacial score (nSPS) is 12.6. The zero-order valence-electron chi connectivity index (χ0n) is 10.4. The van der Waals surface area contributed by atoms with Gasteiger partial charge in [0.05, 0.1) is 12.0 Å². The van der Waals surface area contributed by atoms with Crippen molar-refractivity contribution >= 4 is 15.9 Å². The summed E-state index contributed by atoms with van der Waals surface area (Å²) in [6.07, 6.45) is 5.57. The van der Waals surface area contributed by atoms with Crippen LogP contribution in [0, 0.1) is 0 Å². The molecule has 4 heteroatoms. The molecule has 0 bridgehead atoms. The summed E-state index contributed by atoms with van der Waals surface area (Å²) in [6, 6.07) is 8.43. The molecule has 0 radical (unpaired) electrons. The van der Waals surface area contributed by atoms with Gasteiger partial charge in [-0.3, -0.25) is 4.98 Å². The summed E-state index contributed by atoms with van der Waals surface area (Å²) in [5.41, 5.74) is 1.06. The third-order valence-electron chi connectivity index (χ3n) is 2.82. The average Bonchev–Trinajstić information content (AvgIpc) is 2.89. The van der Waals surface area contributed by atoms with Gasteiger partial charge in [0, 0.05) is 29.7 Å². The van der Waals surface area contributed by atoms with Crippen LogP contribution in [0.5, 0.6) is 0 Å². The van der Waals surface area contributed by atoms with Crippen molar-refractivity contribution in [3.05, 3.63) is 52.7 Å². The lowest BCUT2D eigenvalue weighted by Gasteiger charge is -2.12. The Balaban J connectivity index is 1.71. The van der Waals surface area contributed by atoms with E-state index in [0.717, 1.165) is 35.3 Å². The maximum atomic E-state index is 5.31. The Kier molecular flexibility index (Phi) is 4.96. The Bertz CT molecular complexity index is 453. The highest BCUT2D eigenvalue weighted by atomic mass is 79.9. The van der Waals surface area contributed by atoms with E-state index in [0.29, 0.717) is 6.04 Å². The number of hydrogen-bond donors (Lipinski definition) is 1. The Morgan fingerprint density at radius 3 is 2.94 bits per heavy atom. The molecule has 1 unspecified atom stereocenters. The van der Waals surface area contributed by atoms with Gasteiger partial charge in [-0.25, -0.2) is 0 Å². The number of halogens is 1. The largest absolute Gasteiger partial charge is 0.469 e. The molecule has 0 saturated carbocycles. The highest BCUT2D eigenvalue weighted by molar-refractivity contribution is 9.10. The van der Waals surface area contributed by atoms with Gasteiger partial charge in [0.1, 0.15) is 5.76 Å². The van der Waals surface area contributed by atoms with E-state index < -0.39 is 0 Å². The van der Waals surface area contributed by atoms with E-state index in [4.69, 9.17) is 4.42 Å². The number of hydrogen-bond acceptors (Lipinski definition) is 3. The monoisotopic (exact) mass is 308 g/mol. The minimum Gasteiger partial charge on any atom is -0.469 e. The summed E-state index contributed by atoms with van der Waals surface area (Å²) in [5.74, 6) is 1.05. The van der Waals surface area contributed by atoms with Crippen LogP contribution in [0.2, 0.25) is 0 Å². The Morgan fingerprint density at radius 2 is 2.28 bits per heavy atom. The lowest BCUT2D eigenvalue weighted by atomic mass is 10.1. The number of nitrogens with one attached hydrogen (secondary N) is 1. The molecule has 0 aliphatic rings. The van der Waals surface area contributed by atoms with Crippen molar-refractivity contribution in [2.45, 2.75) is 32.4 Å². The summed E-state index contributed by atoms with van der Waals surface area (Å²) in [4.78, 5) is 4.33. The highest BCUT2D eigenvalue weighted by Gasteiger charge is 2.04. The van der Waals surface area contributed by atoms with Gasteiger partial charge in [-0.2, -0.15) is 0 Å². The van der Waals surface area contributed by atoms with Crippen molar-refractivity contribution in [2.75, 3.05) is 0 Å². The summed E-state index contributed by atoms with van der Waals surface area (Å²) < 4.78 is 6.33. The van der Waals surface area contributed by atoms with Crippen LogP contribution in [0.4, 0.5) is 0 Å². The molecule has 0 spiro atoms. The van der Waals surface area contributed by atoms with Crippen molar-refractivity contribution in [2.24, 2.45) is 0 Å². The second-order valence-corrected chi connectivity index (χ2v) is 5.28. The first-order valence-electron chi connectivity index (χ1n) is 6.10. The zero-order valence-corrected chi connectivity index (χ0v) is 12.0. The first-order valence-corrected chi connectivity index (χ1v) is 6.89. The number of furan rings is 1. The fourth-order valence-electron chi connectivity index (χ4n) is 1.71. The van der Waals surface area contributed by atoms with Gasteiger partial charge in [0.2, 0.25) is 0 Å². The molecule has 1 N–H and O–H groups in total. The van der Waals surface area contributed by atoms with Crippen molar-refractivity contribution < 1.29 is 4.42 Å². The molecule has 0 saturated heterocycles. The standard InChI is InChI=1S/C14H17BrN2O/c1-11(4-7-14-3-2-8-18-14)16-10-13-6-5-12(15)9-17-13/h2-3,5-6,8-9,11,16H,4,7,10H2,1H3. The van der Waals surface area contributed by atoms with E-state index in [2.05, 4.69) is 33.2 Å². The number of nitrogens with zero attached hydrogens (tertiary/aromatic N) is 1. The van der Waals surface area contributed by atoms with Crippen LogP contribution in [0.3, 0.4) is 0 Å². The minimum atomic E-state index is 0.445. The maximum absolute atomic E-state index is 5.31. The molecular weight excluding hydrogens is 292 g/mol. The van der Waals surface area contributed by atoms with E-state index in [1.807, 2.05) is 30.5 Å². The number of rotatable bonds is 6. The molecule has 96 valence electrons. The summed E-state index contributed by atoms with van der Waals surface area (Å²) >= 11 is 3.38. The molecular formula is C14H17BrN2O. The zero-order chi connectivity index (χ0) is 12.8. The van der Waals surface area contributed by atoms with Crippen molar-refractivity contribution in [3.8, 4) is 0 Å². The van der Waals surface area contributed by atoms with Gasteiger partial charge in [0.15, 0.2) is 0 Å². The van der Waals surface area contributed by atoms with Crippen molar-refractivity contribution in [1.29, 1.82) is 0 Å². The quantitative estimate of drug-likeness (QED) is 0.887. The molecule has 3 nitrogen and oxygen atoms in total. The van der Waals surface area contributed by atoms with E-state index in [9.17, 15) is 0 Å². The predicted molar refractivity (Wildman–Crippen MR) is 75.3 cm³/mol. The molecule has 0 aromatic carbocycles. The van der Waals surface area contributed by atoms with Gasteiger partial charge in [-0.1, -0.05) is 0 Å². The van der Waals surface area contributed by atoms with Gasteiger partial charge < -0.3 is 9.73 Å². The molecule has 0 amide bonds. The average molecular weight is 309 g/mol. The van der Waals surface area contributed by atoms with Gasteiger partial charge in [-0.05, 0) is 53.5 Å². The molecule has 2 aromatic rings. The fourth-order valence-corrected chi connectivity index (χ4v) is 1.94. The Labute approximate surface area is 116 Å². The third-order valence-corrected chi connectivity index (χ3v) is 3.29. The molecule has 2 rings (SSSR count). The fraction of sp³-hybridized carbons (Fsp3) is 0.357. The van der Waals surface area contributed by atoms with Crippen LogP contribution >= 0.6 is 15.9 Å². The van der Waals surface area contributed by atoms with Crippen LogP contribution in [0.1, 0.15) is 24.8 Å². The van der Waals surface area contributed by atoms with Crippen molar-refractivity contribution in [1.82, 2.24) is 10.3 Å². The summed E-state index contributed by atoms with van der Waals surface area (Å²) in [7, 11) is 0. The second-order valence-electron chi connectivity index (χ2n) is 4.37. The Morgan fingerprint density at radius 1 is 1.39 bits per heavy atom. The molecule has 1 atom stereocenters. The molecule has 2 aromatic heterocycles. The molecule has 0 aliphatic heterocycles. The van der Waals surface area contributed by atoms with Crippen LogP contribution in [0.25, 0.3) is 0 Å². The molecule has 0 aliphatic carbocycles. The van der Waals surface area contributed by atoms with E-state index in [-0.39, 0.29) is 0 Å². The van der Waals surface area contributed by atoms with E-state index >= 15 is 0 Å². The lowest BCUT2D eigenvalue weighted by Crippen LogP contribution is -2.26. The van der Waals surface area contributed by atoms with Crippen LogP contribution < -0.4 is 5.32 Å². The minimum absolute atomic E-state index is 0.445. The second kappa shape index (κ2) is 6.71. The van der Waals surface area contributed by atoms with E-state index in [1.165, 1.54) is 0 Å². The number of aryl methyl sites for hydroxylation is 1. The first kappa shape index (κ1) is 13.3. The van der Waals surface area contributed by atoms with Gasteiger partial charge in [0.25, 0.3) is 0 Å². The topological polar surface area (TPSA) is 38.1 Å². The third kappa shape index (κ3) is 4.27. The van der Waals surface area contributed by atoms with Crippen molar-refractivity contribution in [3.63, 3.8) is 0 Å². The Hall–Kier alpha value is -1.13. The van der Waals surface area contributed by atoms with E-state index in [1.54, 1.807) is 6.26 Å². The van der Waals surface area contributed by atoms with Gasteiger partial charge in [-0.15, -0.1) is 0 Å². The molecule has 2 heterocycles. The first-order chi connectivity index (χ1) is 8.74. The number of pyridine rings is 1. The summed E-state index contributed by atoms with van der Waals surface area (Å²) in [6.45, 7) is 2.98. The maximum Gasteiger partial charge on any atom is 0.103 e. The van der Waals surface area contributed by atoms with Crippen LogP contribution in [-0.2, 0) is 13.0 Å². The summed E-state index contributed by atoms with van der Waals surface area (Å²) in [5, 5.41) is 3.46. The van der Waals surface area contributed by atoms with Crippen LogP contribution in [0.15, 0.2) is 45.6 Å². The van der Waals surface area contributed by atoms with Crippen LogP contribution in [-0.4, -0.2) is 11.0 Å². The SMILES string of the molecule is CC(CCc1ccco1)NCc1ccc(Br)cn1.